The van der Waals surface area contributed by atoms with Crippen LogP contribution in [-0.4, -0.2) is 73.9 Å². The molecule has 0 radical (unpaired) electrons. The van der Waals surface area contributed by atoms with Crippen LogP contribution in [0.2, 0.25) is 0 Å². The molecule has 2 saturated heterocycles. The highest BCUT2D eigenvalue weighted by Gasteiger charge is 2.37. The monoisotopic (exact) mass is 488 g/mol. The fourth-order valence-electron chi connectivity index (χ4n) is 4.93. The lowest BCUT2D eigenvalue weighted by atomic mass is 10.1. The number of piperazine rings is 1. The van der Waals surface area contributed by atoms with E-state index in [-0.39, 0.29) is 30.0 Å². The summed E-state index contributed by atoms with van der Waals surface area (Å²) in [5.41, 5.74) is 2.47. The third-order valence-corrected chi connectivity index (χ3v) is 8.84. The maximum Gasteiger partial charge on any atom is 0.256 e. The zero-order valence-electron chi connectivity index (χ0n) is 19.2. The Morgan fingerprint density at radius 1 is 1.15 bits per heavy atom. The molecule has 8 nitrogen and oxygen atoms in total. The second-order valence-corrected chi connectivity index (χ2v) is 11.3. The van der Waals surface area contributed by atoms with Gasteiger partial charge in [0.15, 0.2) is 0 Å². The van der Waals surface area contributed by atoms with Gasteiger partial charge in [0.25, 0.3) is 5.91 Å². The molecule has 1 aromatic heterocycles. The Labute approximate surface area is 199 Å². The van der Waals surface area contributed by atoms with E-state index in [4.69, 9.17) is 0 Å². The molecule has 10 heteroatoms. The normalized spacial score (nSPS) is 22.3. The number of aromatic nitrogens is 1. The Balaban J connectivity index is 1.27. The molecule has 1 N–H and O–H groups in total. The van der Waals surface area contributed by atoms with Crippen molar-refractivity contribution in [1.29, 1.82) is 0 Å². The van der Waals surface area contributed by atoms with Crippen LogP contribution in [0, 0.1) is 12.7 Å². The number of hydrogen-bond donors (Lipinski definition) is 1. The fourth-order valence-corrected chi connectivity index (χ4v) is 6.76. The van der Waals surface area contributed by atoms with Gasteiger partial charge in [-0.1, -0.05) is 6.07 Å². The molecule has 1 aromatic carbocycles. The maximum absolute atomic E-state index is 14.9. The molecule has 3 aliphatic rings. The van der Waals surface area contributed by atoms with Gasteiger partial charge in [-0.3, -0.25) is 9.10 Å². The summed E-state index contributed by atoms with van der Waals surface area (Å²) < 4.78 is 40.7. The van der Waals surface area contributed by atoms with Gasteiger partial charge >= 0.3 is 0 Å². The predicted molar refractivity (Wildman–Crippen MR) is 127 cm³/mol. The number of carbonyl (C=O) groups is 1. The highest BCUT2D eigenvalue weighted by Crippen LogP contribution is 2.40. The van der Waals surface area contributed by atoms with Crippen molar-refractivity contribution >= 4 is 27.4 Å². The van der Waals surface area contributed by atoms with Crippen LogP contribution in [0.1, 0.15) is 46.7 Å². The van der Waals surface area contributed by atoms with Crippen molar-refractivity contribution in [3.8, 4) is 0 Å². The third-order valence-electron chi connectivity index (χ3n) is 6.98. The van der Waals surface area contributed by atoms with E-state index >= 15 is 0 Å². The van der Waals surface area contributed by atoms with E-state index in [0.29, 0.717) is 32.1 Å². The average Bonchev–Trinajstić information content (AvgIpc) is 3.62. The minimum Gasteiger partial charge on any atom is -0.394 e. The van der Waals surface area contributed by atoms with Gasteiger partial charge in [0.1, 0.15) is 11.6 Å². The predicted octanol–water partition coefficient (Wildman–Crippen LogP) is 2.27. The third kappa shape index (κ3) is 4.24. The summed E-state index contributed by atoms with van der Waals surface area (Å²) in [6.07, 6.45) is 4.70. The molecule has 1 atom stereocenters. The van der Waals surface area contributed by atoms with E-state index in [0.717, 1.165) is 21.8 Å². The Kier molecular flexibility index (Phi) is 5.97. The standard InChI is InChI=1S/C24H29FN4O4S/c1-16-12-18(17-2-3-17)14-26-23(16)27-7-9-28(10-8-27)24(31)21-5-4-19(13-22(21)25)29-20(15-30)6-11-34(29,32)33/h4-5,12-14,17,20,30H,2-3,6-11,15H2,1H3/t20-/m0/s1. The number of hydrogen-bond acceptors (Lipinski definition) is 6. The molecule has 0 unspecified atom stereocenters. The van der Waals surface area contributed by atoms with Gasteiger partial charge in [-0.15, -0.1) is 0 Å². The van der Waals surface area contributed by atoms with Crippen molar-refractivity contribution in [2.75, 3.05) is 47.7 Å². The van der Waals surface area contributed by atoms with Gasteiger partial charge in [-0.05, 0) is 61.4 Å². The molecule has 182 valence electrons. The molecule has 1 saturated carbocycles. The molecule has 34 heavy (non-hydrogen) atoms. The van der Waals surface area contributed by atoms with Crippen LogP contribution in [0.25, 0.3) is 0 Å². The van der Waals surface area contributed by atoms with E-state index in [1.165, 1.54) is 30.5 Å². The van der Waals surface area contributed by atoms with Crippen molar-refractivity contribution in [3.05, 3.63) is 53.0 Å². The summed E-state index contributed by atoms with van der Waals surface area (Å²) in [4.78, 5) is 21.5. The number of rotatable bonds is 5. The van der Waals surface area contributed by atoms with E-state index in [9.17, 15) is 22.7 Å². The van der Waals surface area contributed by atoms with Crippen LogP contribution in [0.5, 0.6) is 0 Å². The summed E-state index contributed by atoms with van der Waals surface area (Å²) >= 11 is 0. The average molecular weight is 489 g/mol. The SMILES string of the molecule is Cc1cc(C2CC2)cnc1N1CCN(C(=O)c2ccc(N3[C@H](CO)CCS3(=O)=O)cc2F)CC1. The molecule has 0 spiro atoms. The number of carbonyl (C=O) groups excluding carboxylic acids is 1. The number of nitrogens with zero attached hydrogens (tertiary/aromatic N) is 4. The first-order valence-electron chi connectivity index (χ1n) is 11.7. The number of aliphatic hydroxyl groups excluding tert-OH is 1. The second kappa shape index (κ2) is 8.81. The second-order valence-electron chi connectivity index (χ2n) is 9.36. The molecule has 5 rings (SSSR count). The molecule has 2 aromatic rings. The highest BCUT2D eigenvalue weighted by molar-refractivity contribution is 7.93. The van der Waals surface area contributed by atoms with Crippen LogP contribution < -0.4 is 9.21 Å². The van der Waals surface area contributed by atoms with Crippen molar-refractivity contribution in [2.24, 2.45) is 0 Å². The number of aliphatic hydroxyl groups is 1. The van der Waals surface area contributed by atoms with Gasteiger partial charge in [0.2, 0.25) is 10.0 Å². The molecule has 1 amide bonds. The summed E-state index contributed by atoms with van der Waals surface area (Å²) in [5, 5.41) is 9.50. The molecular formula is C24H29FN4O4S. The lowest BCUT2D eigenvalue weighted by molar-refractivity contribution is 0.0742. The van der Waals surface area contributed by atoms with Crippen LogP contribution in [-0.2, 0) is 10.0 Å². The number of amides is 1. The van der Waals surface area contributed by atoms with E-state index in [1.807, 2.05) is 6.20 Å². The summed E-state index contributed by atoms with van der Waals surface area (Å²) in [6, 6.07) is 5.44. The molecular weight excluding hydrogens is 459 g/mol. The molecule has 0 bridgehead atoms. The molecule has 3 heterocycles. The quantitative estimate of drug-likeness (QED) is 0.694. The fraction of sp³-hybridized carbons (Fsp3) is 0.500. The summed E-state index contributed by atoms with van der Waals surface area (Å²) in [7, 11) is -3.61. The number of anilines is 2. The number of aryl methyl sites for hydroxylation is 1. The maximum atomic E-state index is 14.9. The van der Waals surface area contributed by atoms with Crippen molar-refractivity contribution in [2.45, 2.75) is 38.1 Å². The Bertz CT molecular complexity index is 1210. The van der Waals surface area contributed by atoms with Gasteiger partial charge in [0, 0.05) is 32.4 Å². The lowest BCUT2D eigenvalue weighted by Crippen LogP contribution is -2.49. The molecule has 1 aliphatic carbocycles. The minimum atomic E-state index is -3.61. The lowest BCUT2D eigenvalue weighted by Gasteiger charge is -2.36. The van der Waals surface area contributed by atoms with Crippen LogP contribution in [0.3, 0.4) is 0 Å². The van der Waals surface area contributed by atoms with E-state index < -0.39 is 27.8 Å². The first kappa shape index (κ1) is 23.0. The summed E-state index contributed by atoms with van der Waals surface area (Å²) in [6.45, 7) is 3.81. The van der Waals surface area contributed by atoms with Crippen molar-refractivity contribution < 1.29 is 22.7 Å². The van der Waals surface area contributed by atoms with Gasteiger partial charge in [-0.25, -0.2) is 17.8 Å². The largest absolute Gasteiger partial charge is 0.394 e. The first-order valence-corrected chi connectivity index (χ1v) is 13.3. The topological polar surface area (TPSA) is 94.1 Å². The smallest absolute Gasteiger partial charge is 0.256 e. The zero-order valence-corrected chi connectivity index (χ0v) is 20.0. The number of pyridine rings is 1. The number of benzene rings is 1. The van der Waals surface area contributed by atoms with Gasteiger partial charge in [-0.2, -0.15) is 0 Å². The van der Waals surface area contributed by atoms with Gasteiger partial charge < -0.3 is 14.9 Å². The highest BCUT2D eigenvalue weighted by atomic mass is 32.2. The Hall–Kier alpha value is -2.72. The van der Waals surface area contributed by atoms with Crippen molar-refractivity contribution in [3.63, 3.8) is 0 Å². The zero-order chi connectivity index (χ0) is 24.0. The minimum absolute atomic E-state index is 0.0857. The number of sulfonamides is 1. The van der Waals surface area contributed by atoms with Crippen molar-refractivity contribution in [1.82, 2.24) is 9.88 Å². The number of halogens is 1. The van der Waals surface area contributed by atoms with Crippen LogP contribution >= 0.6 is 0 Å². The molecule has 3 fully saturated rings. The van der Waals surface area contributed by atoms with E-state index in [1.54, 1.807) is 4.90 Å². The Morgan fingerprint density at radius 2 is 1.88 bits per heavy atom. The van der Waals surface area contributed by atoms with Gasteiger partial charge in [0.05, 0.1) is 29.7 Å². The van der Waals surface area contributed by atoms with Crippen LogP contribution in [0.15, 0.2) is 30.5 Å². The first-order chi connectivity index (χ1) is 16.3. The Morgan fingerprint density at radius 3 is 2.50 bits per heavy atom. The van der Waals surface area contributed by atoms with E-state index in [2.05, 4.69) is 22.9 Å². The molecule has 2 aliphatic heterocycles. The van der Waals surface area contributed by atoms with Crippen LogP contribution in [0.4, 0.5) is 15.9 Å². The summed E-state index contributed by atoms with van der Waals surface area (Å²) in [5.74, 6) is 0.299.